The molecule has 1 aromatic carbocycles. The van der Waals surface area contributed by atoms with Crippen LogP contribution in [-0.2, 0) is 43.7 Å². The number of benzene rings is 1. The Morgan fingerprint density at radius 2 is 1.61 bits per heavy atom. The second-order valence-corrected chi connectivity index (χ2v) is 12.8. The monoisotopic (exact) mass is 626 g/mol. The second kappa shape index (κ2) is 12.1. The minimum atomic E-state index is -5.20. The van der Waals surface area contributed by atoms with Crippen molar-refractivity contribution in [3.05, 3.63) is 48.0 Å². The maximum atomic E-state index is 14.7. The smallest absolute Gasteiger partial charge is 0.432 e. The molecule has 4 bridgehead atoms. The summed E-state index contributed by atoms with van der Waals surface area (Å²) in [6, 6.07) is 6.49. The molecule has 0 spiro atoms. The van der Waals surface area contributed by atoms with Gasteiger partial charge in [0.2, 0.25) is 0 Å². The molecule has 0 unspecified atom stereocenters. The summed E-state index contributed by atoms with van der Waals surface area (Å²) >= 11 is 0. The summed E-state index contributed by atoms with van der Waals surface area (Å²) in [4.78, 5) is 39.1. The van der Waals surface area contributed by atoms with Gasteiger partial charge in [-0.1, -0.05) is 36.9 Å². The highest BCUT2D eigenvalue weighted by atomic mass is 19.4. The van der Waals surface area contributed by atoms with E-state index >= 15 is 0 Å². The van der Waals surface area contributed by atoms with Crippen molar-refractivity contribution in [2.75, 3.05) is 7.11 Å². The first kappa shape index (κ1) is 33.9. The van der Waals surface area contributed by atoms with E-state index in [0.29, 0.717) is 6.42 Å². The van der Waals surface area contributed by atoms with Gasteiger partial charge in [-0.2, -0.15) is 13.2 Å². The topological polar surface area (TPSA) is 118 Å². The van der Waals surface area contributed by atoms with Crippen LogP contribution in [0.3, 0.4) is 0 Å². The maximum absolute atomic E-state index is 14.7. The first-order chi connectivity index (χ1) is 20.4. The summed E-state index contributed by atoms with van der Waals surface area (Å²) in [7, 11) is 0.788. The number of rotatable bonds is 5. The van der Waals surface area contributed by atoms with Gasteiger partial charge in [-0.25, -0.2) is 9.59 Å². The van der Waals surface area contributed by atoms with Crippen molar-refractivity contribution in [2.45, 2.75) is 120 Å². The van der Waals surface area contributed by atoms with Crippen LogP contribution >= 0.6 is 0 Å². The molecular formula is C32H41F3O9. The number of fused-ring (bicyclic) bond motifs is 5. The predicted molar refractivity (Wildman–Crippen MR) is 150 cm³/mol. The van der Waals surface area contributed by atoms with Crippen molar-refractivity contribution >= 4 is 17.9 Å². The van der Waals surface area contributed by atoms with Crippen LogP contribution in [0.5, 0.6) is 0 Å². The van der Waals surface area contributed by atoms with Crippen LogP contribution in [0.1, 0.15) is 78.2 Å². The standard InChI is InChI=1S/C32H41F3O9/c1-19-21-12-16-29(4,44-26(19)37)24(41-20(2)36)13-15-28(3,39)23-14-17-30(5,43-23)25(18-21)42-27(38)31(40-6,32(33,34)35)22-10-8-7-9-11-22/h7-11,21,23-25,39H,1,12-18H2,2-6H3/t21-,23+,24-,25+,28-,29-,30-,31+/m1/s1. The van der Waals surface area contributed by atoms with Gasteiger partial charge in [-0.15, -0.1) is 0 Å². The molecule has 3 aliphatic heterocycles. The molecule has 244 valence electrons. The largest absolute Gasteiger partial charge is 0.458 e. The molecule has 8 atom stereocenters. The van der Waals surface area contributed by atoms with Crippen molar-refractivity contribution in [3.63, 3.8) is 0 Å². The highest BCUT2D eigenvalue weighted by Crippen LogP contribution is 2.48. The Hall–Kier alpha value is -2.96. The highest BCUT2D eigenvalue weighted by molar-refractivity contribution is 5.89. The summed E-state index contributed by atoms with van der Waals surface area (Å²) in [5.41, 5.74) is -7.94. The number of ether oxygens (including phenoxy) is 5. The third kappa shape index (κ3) is 6.25. The Bertz CT molecular complexity index is 1270. The van der Waals surface area contributed by atoms with E-state index in [-0.39, 0.29) is 44.1 Å². The first-order valence-electron chi connectivity index (χ1n) is 14.8. The van der Waals surface area contributed by atoms with E-state index in [0.717, 1.165) is 19.2 Å². The lowest BCUT2D eigenvalue weighted by atomic mass is 9.79. The third-order valence-electron chi connectivity index (χ3n) is 9.58. The van der Waals surface area contributed by atoms with E-state index in [1.54, 1.807) is 20.8 Å². The molecular weight excluding hydrogens is 585 g/mol. The van der Waals surface area contributed by atoms with Crippen LogP contribution in [0.15, 0.2) is 42.5 Å². The average molecular weight is 627 g/mol. The zero-order chi connectivity index (χ0) is 32.7. The van der Waals surface area contributed by atoms with E-state index in [1.165, 1.54) is 25.1 Å². The number of hydrogen-bond acceptors (Lipinski definition) is 9. The normalized spacial score (nSPS) is 36.1. The van der Waals surface area contributed by atoms with E-state index in [1.807, 2.05) is 0 Å². The second-order valence-electron chi connectivity index (χ2n) is 12.8. The Kier molecular flexibility index (Phi) is 9.32. The third-order valence-corrected chi connectivity index (χ3v) is 9.58. The van der Waals surface area contributed by atoms with Crippen molar-refractivity contribution < 1.29 is 56.3 Å². The fourth-order valence-electron chi connectivity index (χ4n) is 6.71. The number of methoxy groups -OCH3 is 1. The molecule has 1 aromatic rings. The Morgan fingerprint density at radius 1 is 0.977 bits per heavy atom. The van der Waals surface area contributed by atoms with Crippen molar-refractivity contribution in [2.24, 2.45) is 5.92 Å². The first-order valence-corrected chi connectivity index (χ1v) is 14.8. The van der Waals surface area contributed by atoms with Gasteiger partial charge in [0, 0.05) is 25.2 Å². The van der Waals surface area contributed by atoms with Crippen LogP contribution in [0.25, 0.3) is 0 Å². The lowest BCUT2D eigenvalue weighted by Crippen LogP contribution is -2.55. The molecule has 3 saturated heterocycles. The minimum absolute atomic E-state index is 0.0513. The fraction of sp³-hybridized carbons (Fsp3) is 0.656. The van der Waals surface area contributed by atoms with Gasteiger partial charge < -0.3 is 28.8 Å². The average Bonchev–Trinajstić information content (AvgIpc) is 3.31. The van der Waals surface area contributed by atoms with E-state index in [4.69, 9.17) is 23.7 Å². The molecule has 3 fully saturated rings. The zero-order valence-electron chi connectivity index (χ0n) is 25.7. The number of aliphatic hydroxyl groups is 1. The number of halogens is 3. The van der Waals surface area contributed by atoms with Gasteiger partial charge in [-0.3, -0.25) is 4.79 Å². The number of alkyl halides is 3. The predicted octanol–water partition coefficient (Wildman–Crippen LogP) is 5.07. The number of esters is 3. The van der Waals surface area contributed by atoms with E-state index < -0.39 is 76.3 Å². The molecule has 1 N–H and O–H groups in total. The highest BCUT2D eigenvalue weighted by Gasteiger charge is 2.65. The van der Waals surface area contributed by atoms with Crippen molar-refractivity contribution in [1.29, 1.82) is 0 Å². The Morgan fingerprint density at radius 3 is 2.20 bits per heavy atom. The number of carbonyl (C=O) groups excluding carboxylic acids is 3. The van der Waals surface area contributed by atoms with Crippen LogP contribution in [0, 0.1) is 5.92 Å². The SMILES string of the molecule is C=C1C(=O)O[C@]2(C)CC[C@@H]1C[C@H](OC(=O)[C@@](OC)(c1ccccc1)C(F)(F)F)[C@@]1(C)CC[C@H](O1)[C@](C)(O)CC[C@H]2OC(C)=O. The molecule has 3 aliphatic rings. The van der Waals surface area contributed by atoms with Gasteiger partial charge in [0.25, 0.3) is 5.60 Å². The number of carbonyl (C=O) groups is 3. The van der Waals surface area contributed by atoms with Crippen LogP contribution in [0.2, 0.25) is 0 Å². The van der Waals surface area contributed by atoms with Gasteiger partial charge in [0.1, 0.15) is 23.4 Å². The molecule has 3 heterocycles. The molecule has 0 aliphatic carbocycles. The van der Waals surface area contributed by atoms with Gasteiger partial charge in [0.15, 0.2) is 0 Å². The Balaban J connectivity index is 1.79. The van der Waals surface area contributed by atoms with Gasteiger partial charge in [-0.05, 0) is 71.6 Å². The molecule has 0 saturated carbocycles. The fourth-order valence-corrected chi connectivity index (χ4v) is 6.71. The summed E-state index contributed by atoms with van der Waals surface area (Å²) in [6.07, 6.45) is -7.07. The molecule has 4 rings (SSSR count). The molecule has 44 heavy (non-hydrogen) atoms. The summed E-state index contributed by atoms with van der Waals surface area (Å²) < 4.78 is 72.8. The quantitative estimate of drug-likeness (QED) is 0.271. The lowest BCUT2D eigenvalue weighted by Gasteiger charge is -2.40. The summed E-state index contributed by atoms with van der Waals surface area (Å²) in [5.74, 6) is -3.71. The molecule has 0 amide bonds. The Labute approximate surface area is 255 Å². The van der Waals surface area contributed by atoms with Crippen LogP contribution in [0.4, 0.5) is 13.2 Å². The molecule has 0 radical (unpaired) electrons. The zero-order valence-corrected chi connectivity index (χ0v) is 25.7. The van der Waals surface area contributed by atoms with E-state index in [2.05, 4.69) is 6.58 Å². The summed E-state index contributed by atoms with van der Waals surface area (Å²) in [5, 5.41) is 11.5. The van der Waals surface area contributed by atoms with Gasteiger partial charge in [0.05, 0.1) is 11.7 Å². The summed E-state index contributed by atoms with van der Waals surface area (Å²) in [6.45, 7) is 9.98. The van der Waals surface area contributed by atoms with Crippen LogP contribution in [-0.4, -0.2) is 71.4 Å². The maximum Gasteiger partial charge on any atom is 0.432 e. The molecule has 9 nitrogen and oxygen atoms in total. The molecule has 12 heteroatoms. The van der Waals surface area contributed by atoms with Crippen molar-refractivity contribution in [1.82, 2.24) is 0 Å². The lowest BCUT2D eigenvalue weighted by molar-refractivity contribution is -0.282. The minimum Gasteiger partial charge on any atom is -0.458 e. The van der Waals surface area contributed by atoms with Crippen LogP contribution < -0.4 is 0 Å². The van der Waals surface area contributed by atoms with Gasteiger partial charge >= 0.3 is 24.1 Å². The number of hydrogen-bond donors (Lipinski definition) is 1. The van der Waals surface area contributed by atoms with Crippen molar-refractivity contribution in [3.8, 4) is 0 Å². The molecule has 0 aromatic heterocycles. The van der Waals surface area contributed by atoms with E-state index in [9.17, 15) is 32.7 Å².